The number of hydrogen-bond donors (Lipinski definition) is 0. The number of rotatable bonds is 9. The average Bonchev–Trinajstić information content (AvgIpc) is 2.42. The van der Waals surface area contributed by atoms with Crippen molar-refractivity contribution in [2.75, 3.05) is 19.6 Å². The predicted octanol–water partition coefficient (Wildman–Crippen LogP) is 3.91. The van der Waals surface area contributed by atoms with E-state index in [1.807, 2.05) is 0 Å². The van der Waals surface area contributed by atoms with Gasteiger partial charge in [-0.3, -0.25) is 9.69 Å². The summed E-state index contributed by atoms with van der Waals surface area (Å²) in [5.74, 6) is -0.538. The maximum absolute atomic E-state index is 13.6. The first-order chi connectivity index (χ1) is 9.19. The van der Waals surface area contributed by atoms with Gasteiger partial charge in [0, 0.05) is 0 Å². The van der Waals surface area contributed by atoms with E-state index >= 15 is 0 Å². The van der Waals surface area contributed by atoms with Crippen molar-refractivity contribution >= 4 is 5.78 Å². The molecule has 0 atom stereocenters. The van der Waals surface area contributed by atoms with Crippen molar-refractivity contribution in [1.82, 2.24) is 4.90 Å². The average molecular weight is 265 g/mol. The second-order valence-corrected chi connectivity index (χ2v) is 4.89. The molecular formula is C16H24FNO. The van der Waals surface area contributed by atoms with E-state index in [-0.39, 0.29) is 11.3 Å². The van der Waals surface area contributed by atoms with Crippen LogP contribution in [0.4, 0.5) is 4.39 Å². The molecule has 0 aliphatic rings. The molecule has 0 saturated heterocycles. The number of carbonyl (C=O) groups excluding carboxylic acids is 1. The largest absolute Gasteiger partial charge is 0.296 e. The van der Waals surface area contributed by atoms with Crippen LogP contribution in [0.1, 0.15) is 49.9 Å². The SMILES string of the molecule is CCCCN(CCCC)CC(=O)c1ccccc1F. The van der Waals surface area contributed by atoms with Gasteiger partial charge in [0.25, 0.3) is 0 Å². The number of halogens is 1. The number of unbranched alkanes of at least 4 members (excludes halogenated alkanes) is 2. The number of hydrogen-bond acceptors (Lipinski definition) is 2. The fourth-order valence-electron chi connectivity index (χ4n) is 2.01. The summed E-state index contributed by atoms with van der Waals surface area (Å²) in [6, 6.07) is 6.22. The van der Waals surface area contributed by atoms with Crippen LogP contribution in [0.3, 0.4) is 0 Å². The third kappa shape index (κ3) is 5.52. The van der Waals surface area contributed by atoms with Gasteiger partial charge in [-0.05, 0) is 38.1 Å². The zero-order valence-corrected chi connectivity index (χ0v) is 12.0. The van der Waals surface area contributed by atoms with Gasteiger partial charge < -0.3 is 0 Å². The molecule has 0 N–H and O–H groups in total. The molecule has 0 heterocycles. The molecule has 0 aliphatic carbocycles. The van der Waals surface area contributed by atoms with E-state index in [1.165, 1.54) is 6.07 Å². The molecule has 3 heteroatoms. The van der Waals surface area contributed by atoms with Crippen LogP contribution >= 0.6 is 0 Å². The number of benzene rings is 1. The van der Waals surface area contributed by atoms with Crippen LogP contribution in [0.25, 0.3) is 0 Å². The minimum absolute atomic E-state index is 0.120. The van der Waals surface area contributed by atoms with E-state index in [0.29, 0.717) is 6.54 Å². The highest BCUT2D eigenvalue weighted by Gasteiger charge is 2.14. The minimum atomic E-state index is -0.418. The monoisotopic (exact) mass is 265 g/mol. The highest BCUT2D eigenvalue weighted by molar-refractivity contribution is 5.97. The maximum Gasteiger partial charge on any atom is 0.179 e. The Morgan fingerprint density at radius 3 is 2.21 bits per heavy atom. The lowest BCUT2D eigenvalue weighted by Crippen LogP contribution is -2.32. The van der Waals surface area contributed by atoms with Crippen LogP contribution in [0, 0.1) is 5.82 Å². The van der Waals surface area contributed by atoms with Crippen LogP contribution in [0.2, 0.25) is 0 Å². The van der Waals surface area contributed by atoms with Crippen molar-refractivity contribution in [1.29, 1.82) is 0 Å². The van der Waals surface area contributed by atoms with E-state index in [9.17, 15) is 9.18 Å². The Kier molecular flexibility index (Phi) is 7.34. The molecular weight excluding hydrogens is 241 g/mol. The Morgan fingerprint density at radius 1 is 1.11 bits per heavy atom. The number of ketones is 1. The molecule has 0 fully saturated rings. The molecule has 0 unspecified atom stereocenters. The Hall–Kier alpha value is -1.22. The lowest BCUT2D eigenvalue weighted by Gasteiger charge is -2.21. The Balaban J connectivity index is 2.61. The maximum atomic E-state index is 13.6. The highest BCUT2D eigenvalue weighted by Crippen LogP contribution is 2.09. The van der Waals surface area contributed by atoms with Crippen molar-refractivity contribution in [3.05, 3.63) is 35.6 Å². The van der Waals surface area contributed by atoms with Crippen LogP contribution in [0.15, 0.2) is 24.3 Å². The zero-order valence-electron chi connectivity index (χ0n) is 12.0. The molecule has 106 valence electrons. The summed E-state index contributed by atoms with van der Waals surface area (Å²) in [7, 11) is 0. The van der Waals surface area contributed by atoms with Crippen LogP contribution < -0.4 is 0 Å². The summed E-state index contributed by atoms with van der Waals surface area (Å²) in [6.45, 7) is 6.42. The molecule has 1 aromatic carbocycles. The molecule has 0 aliphatic heterocycles. The van der Waals surface area contributed by atoms with E-state index in [4.69, 9.17) is 0 Å². The van der Waals surface area contributed by atoms with E-state index in [1.54, 1.807) is 18.2 Å². The Labute approximate surface area is 115 Å². The molecule has 0 bridgehead atoms. The van der Waals surface area contributed by atoms with Gasteiger partial charge >= 0.3 is 0 Å². The van der Waals surface area contributed by atoms with Crippen molar-refractivity contribution in [2.45, 2.75) is 39.5 Å². The van der Waals surface area contributed by atoms with Crippen LogP contribution in [-0.4, -0.2) is 30.3 Å². The first kappa shape index (κ1) is 15.8. The van der Waals surface area contributed by atoms with E-state index in [0.717, 1.165) is 38.8 Å². The topological polar surface area (TPSA) is 20.3 Å². The first-order valence-corrected chi connectivity index (χ1v) is 7.19. The molecule has 0 spiro atoms. The van der Waals surface area contributed by atoms with Crippen molar-refractivity contribution in [2.24, 2.45) is 0 Å². The highest BCUT2D eigenvalue weighted by atomic mass is 19.1. The van der Waals surface area contributed by atoms with Gasteiger partial charge in [0.2, 0.25) is 0 Å². The lowest BCUT2D eigenvalue weighted by molar-refractivity contribution is 0.0924. The van der Waals surface area contributed by atoms with Gasteiger partial charge in [-0.25, -0.2) is 4.39 Å². The minimum Gasteiger partial charge on any atom is -0.296 e. The first-order valence-electron chi connectivity index (χ1n) is 7.19. The normalized spacial score (nSPS) is 10.9. The molecule has 19 heavy (non-hydrogen) atoms. The summed E-state index contributed by atoms with van der Waals surface area (Å²) < 4.78 is 13.6. The summed E-state index contributed by atoms with van der Waals surface area (Å²) in [6.07, 6.45) is 4.37. The molecule has 0 aromatic heterocycles. The second-order valence-electron chi connectivity index (χ2n) is 4.89. The van der Waals surface area contributed by atoms with Gasteiger partial charge in [0.1, 0.15) is 5.82 Å². The summed E-state index contributed by atoms with van der Waals surface area (Å²) in [4.78, 5) is 14.3. The third-order valence-electron chi connectivity index (χ3n) is 3.20. The van der Waals surface area contributed by atoms with Gasteiger partial charge in [-0.2, -0.15) is 0 Å². The third-order valence-corrected chi connectivity index (χ3v) is 3.20. The fraction of sp³-hybridized carbons (Fsp3) is 0.562. The Bertz CT molecular complexity index is 384. The summed E-state index contributed by atoms with van der Waals surface area (Å²) in [5, 5.41) is 0. The zero-order chi connectivity index (χ0) is 14.1. The van der Waals surface area contributed by atoms with Crippen molar-refractivity contribution in [3.8, 4) is 0 Å². The summed E-state index contributed by atoms with van der Waals surface area (Å²) in [5.41, 5.74) is 0.209. The van der Waals surface area contributed by atoms with Crippen molar-refractivity contribution < 1.29 is 9.18 Å². The van der Waals surface area contributed by atoms with Crippen LogP contribution in [0.5, 0.6) is 0 Å². The van der Waals surface area contributed by atoms with E-state index < -0.39 is 5.82 Å². The van der Waals surface area contributed by atoms with E-state index in [2.05, 4.69) is 18.7 Å². The lowest BCUT2D eigenvalue weighted by atomic mass is 10.1. The Morgan fingerprint density at radius 2 is 1.68 bits per heavy atom. The molecule has 0 amide bonds. The van der Waals surface area contributed by atoms with Gasteiger partial charge in [-0.15, -0.1) is 0 Å². The molecule has 2 nitrogen and oxygen atoms in total. The predicted molar refractivity (Wildman–Crippen MR) is 77.0 cm³/mol. The number of carbonyl (C=O) groups is 1. The smallest absolute Gasteiger partial charge is 0.179 e. The quantitative estimate of drug-likeness (QED) is 0.631. The molecule has 0 saturated carbocycles. The standard InChI is InChI=1S/C16H24FNO/c1-3-5-11-18(12-6-4-2)13-16(19)14-9-7-8-10-15(14)17/h7-10H,3-6,11-13H2,1-2H3. The number of nitrogens with zero attached hydrogens (tertiary/aromatic N) is 1. The summed E-state index contributed by atoms with van der Waals surface area (Å²) >= 11 is 0. The van der Waals surface area contributed by atoms with Crippen LogP contribution in [-0.2, 0) is 0 Å². The van der Waals surface area contributed by atoms with Crippen molar-refractivity contribution in [3.63, 3.8) is 0 Å². The van der Waals surface area contributed by atoms with Gasteiger partial charge in [0.15, 0.2) is 5.78 Å². The second kappa shape index (κ2) is 8.81. The molecule has 0 radical (unpaired) electrons. The number of Topliss-reactive ketones (excluding diaryl/α,β-unsaturated/α-hetero) is 1. The fourth-order valence-corrected chi connectivity index (χ4v) is 2.01. The van der Waals surface area contributed by atoms with Gasteiger partial charge in [-0.1, -0.05) is 38.8 Å². The van der Waals surface area contributed by atoms with Gasteiger partial charge in [0.05, 0.1) is 12.1 Å². The molecule has 1 aromatic rings. The molecule has 1 rings (SSSR count).